The number of benzene rings is 1. The van der Waals surface area contributed by atoms with Crippen molar-refractivity contribution in [2.24, 2.45) is 0 Å². The van der Waals surface area contributed by atoms with Crippen molar-refractivity contribution in [1.29, 1.82) is 0 Å². The molecule has 17 heavy (non-hydrogen) atoms. The fourth-order valence-electron chi connectivity index (χ4n) is 2.09. The van der Waals surface area contributed by atoms with Crippen LogP contribution in [0.2, 0.25) is 0 Å². The molecule has 1 aromatic carbocycles. The highest BCUT2D eigenvalue weighted by atomic mass is 79.9. The van der Waals surface area contributed by atoms with E-state index >= 15 is 0 Å². The van der Waals surface area contributed by atoms with Crippen LogP contribution in [0.15, 0.2) is 18.2 Å². The summed E-state index contributed by atoms with van der Waals surface area (Å²) in [4.78, 5) is 2.42. The molecule has 0 saturated heterocycles. The van der Waals surface area contributed by atoms with Gasteiger partial charge in [0.15, 0.2) is 0 Å². The Balaban J connectivity index is 2.90. The Morgan fingerprint density at radius 1 is 1.41 bits per heavy atom. The van der Waals surface area contributed by atoms with Gasteiger partial charge in [-0.05, 0) is 36.8 Å². The average Bonchev–Trinajstić information content (AvgIpc) is 2.35. The third-order valence-electron chi connectivity index (χ3n) is 3.17. The second-order valence-corrected chi connectivity index (χ2v) is 5.85. The molecule has 0 N–H and O–H groups in total. The van der Waals surface area contributed by atoms with Gasteiger partial charge < -0.3 is 4.90 Å². The normalized spacial score (nSPS) is 12.5. The number of nitrogens with zero attached hydrogens (tertiary/aromatic N) is 1. The van der Waals surface area contributed by atoms with Gasteiger partial charge in [0.1, 0.15) is 0 Å². The van der Waals surface area contributed by atoms with Crippen LogP contribution in [-0.4, -0.2) is 25.1 Å². The van der Waals surface area contributed by atoms with Gasteiger partial charge in [0, 0.05) is 29.9 Å². The Morgan fingerprint density at radius 2 is 2.12 bits per heavy atom. The minimum Gasteiger partial charge on any atom is -0.371 e. The van der Waals surface area contributed by atoms with Crippen molar-refractivity contribution in [2.75, 3.05) is 24.0 Å². The first-order valence-electron chi connectivity index (χ1n) is 6.01. The summed E-state index contributed by atoms with van der Waals surface area (Å²) in [7, 11) is 2.21. The molecule has 0 bridgehead atoms. The van der Waals surface area contributed by atoms with E-state index in [2.05, 4.69) is 66.2 Å². The second-order valence-electron chi connectivity index (χ2n) is 4.38. The number of halogens is 1. The molecule has 96 valence electrons. The molecule has 0 amide bonds. The average molecular weight is 316 g/mol. The molecule has 0 aliphatic heterocycles. The molecule has 0 spiro atoms. The highest BCUT2D eigenvalue weighted by Gasteiger charge is 2.14. The van der Waals surface area contributed by atoms with E-state index in [0.29, 0.717) is 6.04 Å². The standard InChI is InChI=1S/C14H22BrNS/c1-5-13(10-17-4)16(3)14-7-6-12(9-15)8-11(14)2/h6-8,13H,5,9-10H2,1-4H3. The quantitative estimate of drug-likeness (QED) is 0.713. The van der Waals surface area contributed by atoms with E-state index in [1.165, 1.54) is 29.0 Å². The lowest BCUT2D eigenvalue weighted by Crippen LogP contribution is -2.33. The summed E-state index contributed by atoms with van der Waals surface area (Å²) in [5.41, 5.74) is 4.07. The maximum Gasteiger partial charge on any atom is 0.0396 e. The smallest absolute Gasteiger partial charge is 0.0396 e. The van der Waals surface area contributed by atoms with E-state index in [-0.39, 0.29) is 0 Å². The number of hydrogen-bond acceptors (Lipinski definition) is 2. The fourth-order valence-corrected chi connectivity index (χ4v) is 3.28. The van der Waals surface area contributed by atoms with Gasteiger partial charge in [0.2, 0.25) is 0 Å². The SMILES string of the molecule is CCC(CSC)N(C)c1ccc(CBr)cc1C. The summed E-state index contributed by atoms with van der Waals surface area (Å²) in [5.74, 6) is 1.19. The Kier molecular flexibility index (Phi) is 6.42. The predicted molar refractivity (Wildman–Crippen MR) is 84.7 cm³/mol. The highest BCUT2D eigenvalue weighted by Crippen LogP contribution is 2.24. The third-order valence-corrected chi connectivity index (χ3v) is 4.54. The van der Waals surface area contributed by atoms with Crippen LogP contribution in [0.4, 0.5) is 5.69 Å². The van der Waals surface area contributed by atoms with E-state index in [4.69, 9.17) is 0 Å². The summed E-state index contributed by atoms with van der Waals surface area (Å²) in [6, 6.07) is 7.35. The summed E-state index contributed by atoms with van der Waals surface area (Å²) in [5, 5.41) is 0.930. The van der Waals surface area contributed by atoms with Crippen LogP contribution in [0.3, 0.4) is 0 Å². The van der Waals surface area contributed by atoms with Crippen molar-refractivity contribution >= 4 is 33.4 Å². The summed E-state index contributed by atoms with van der Waals surface area (Å²) < 4.78 is 0. The molecule has 1 aromatic rings. The number of aryl methyl sites for hydroxylation is 1. The minimum absolute atomic E-state index is 0.624. The Hall–Kier alpha value is -0.150. The van der Waals surface area contributed by atoms with Crippen molar-refractivity contribution in [3.8, 4) is 0 Å². The van der Waals surface area contributed by atoms with Crippen LogP contribution in [0.25, 0.3) is 0 Å². The van der Waals surface area contributed by atoms with Crippen molar-refractivity contribution in [1.82, 2.24) is 0 Å². The van der Waals surface area contributed by atoms with E-state index < -0.39 is 0 Å². The largest absolute Gasteiger partial charge is 0.371 e. The number of rotatable bonds is 6. The zero-order valence-electron chi connectivity index (χ0n) is 11.2. The van der Waals surface area contributed by atoms with Crippen molar-refractivity contribution in [2.45, 2.75) is 31.6 Å². The molecule has 0 heterocycles. The molecule has 0 aliphatic rings. The molecule has 0 radical (unpaired) electrons. The number of anilines is 1. The maximum atomic E-state index is 3.50. The molecule has 0 aliphatic carbocycles. The van der Waals surface area contributed by atoms with Crippen LogP contribution >= 0.6 is 27.7 Å². The van der Waals surface area contributed by atoms with E-state index in [0.717, 1.165) is 5.33 Å². The van der Waals surface area contributed by atoms with Crippen LogP contribution < -0.4 is 4.90 Å². The topological polar surface area (TPSA) is 3.24 Å². The van der Waals surface area contributed by atoms with Crippen molar-refractivity contribution in [3.63, 3.8) is 0 Å². The number of thioether (sulfide) groups is 1. The van der Waals surface area contributed by atoms with Crippen LogP contribution in [0.1, 0.15) is 24.5 Å². The molecule has 0 saturated carbocycles. The molecule has 1 atom stereocenters. The Morgan fingerprint density at radius 3 is 2.59 bits per heavy atom. The summed E-state index contributed by atoms with van der Waals surface area (Å²) in [6.07, 6.45) is 3.37. The minimum atomic E-state index is 0.624. The van der Waals surface area contributed by atoms with Gasteiger partial charge in [-0.25, -0.2) is 0 Å². The lowest BCUT2D eigenvalue weighted by atomic mass is 10.1. The van der Waals surface area contributed by atoms with E-state index in [1.807, 2.05) is 11.8 Å². The van der Waals surface area contributed by atoms with Gasteiger partial charge in [0.05, 0.1) is 0 Å². The zero-order valence-corrected chi connectivity index (χ0v) is 13.6. The molecule has 1 rings (SSSR count). The van der Waals surface area contributed by atoms with E-state index in [9.17, 15) is 0 Å². The molecule has 3 heteroatoms. The van der Waals surface area contributed by atoms with Crippen LogP contribution in [0.5, 0.6) is 0 Å². The summed E-state index contributed by atoms with van der Waals surface area (Å²) >= 11 is 5.43. The van der Waals surface area contributed by atoms with Gasteiger partial charge in [-0.15, -0.1) is 0 Å². The van der Waals surface area contributed by atoms with Crippen molar-refractivity contribution < 1.29 is 0 Å². The fraction of sp³-hybridized carbons (Fsp3) is 0.571. The number of hydrogen-bond donors (Lipinski definition) is 0. The Labute approximate surface area is 118 Å². The highest BCUT2D eigenvalue weighted by molar-refractivity contribution is 9.08. The number of alkyl halides is 1. The first kappa shape index (κ1) is 14.9. The molecule has 0 aromatic heterocycles. The lowest BCUT2D eigenvalue weighted by molar-refractivity contribution is 0.672. The van der Waals surface area contributed by atoms with Gasteiger partial charge in [-0.3, -0.25) is 0 Å². The van der Waals surface area contributed by atoms with E-state index in [1.54, 1.807) is 0 Å². The third kappa shape index (κ3) is 3.92. The monoisotopic (exact) mass is 315 g/mol. The predicted octanol–water partition coefficient (Wildman–Crippen LogP) is 4.47. The first-order valence-corrected chi connectivity index (χ1v) is 8.52. The summed E-state index contributed by atoms with van der Waals surface area (Å²) in [6.45, 7) is 4.46. The first-order chi connectivity index (χ1) is 8.13. The second kappa shape index (κ2) is 7.32. The van der Waals surface area contributed by atoms with Crippen LogP contribution in [-0.2, 0) is 5.33 Å². The van der Waals surface area contributed by atoms with Gasteiger partial charge in [-0.1, -0.05) is 35.0 Å². The lowest BCUT2D eigenvalue weighted by Gasteiger charge is -2.30. The zero-order chi connectivity index (χ0) is 12.8. The van der Waals surface area contributed by atoms with Crippen molar-refractivity contribution in [3.05, 3.63) is 29.3 Å². The van der Waals surface area contributed by atoms with Gasteiger partial charge in [-0.2, -0.15) is 11.8 Å². The maximum absolute atomic E-state index is 3.50. The molecule has 0 fully saturated rings. The molecule has 1 nitrogen and oxygen atoms in total. The van der Waals surface area contributed by atoms with Gasteiger partial charge in [0.25, 0.3) is 0 Å². The van der Waals surface area contributed by atoms with Crippen LogP contribution in [0, 0.1) is 6.92 Å². The molecule has 1 unspecified atom stereocenters. The Bertz CT molecular complexity index is 354. The molecular formula is C14H22BrNS. The molecular weight excluding hydrogens is 294 g/mol. The van der Waals surface area contributed by atoms with Gasteiger partial charge >= 0.3 is 0 Å².